The lowest BCUT2D eigenvalue weighted by Crippen LogP contribution is -2.62. The molecular formula is C22H18ClF4NOS. The van der Waals surface area contributed by atoms with Gasteiger partial charge in [0.2, 0.25) is 0 Å². The third-order valence-electron chi connectivity index (χ3n) is 5.10. The van der Waals surface area contributed by atoms with E-state index in [1.807, 2.05) is 0 Å². The van der Waals surface area contributed by atoms with Gasteiger partial charge in [0.25, 0.3) is 0 Å². The molecular weight excluding hydrogens is 438 g/mol. The predicted molar refractivity (Wildman–Crippen MR) is 112 cm³/mol. The van der Waals surface area contributed by atoms with Gasteiger partial charge in [-0.3, -0.25) is 0 Å². The SMILES string of the molecule is CC1(C)OCC(=S)NC(C)(c2cc(C#Cc3cccc(Cl)c3)c(F)cc2F)C1(F)F. The molecule has 0 radical (unpaired) electrons. The zero-order valence-electron chi connectivity index (χ0n) is 16.4. The fourth-order valence-electron chi connectivity index (χ4n) is 3.30. The van der Waals surface area contributed by atoms with Crippen molar-refractivity contribution in [2.45, 2.75) is 37.8 Å². The first-order valence-corrected chi connectivity index (χ1v) is 9.76. The van der Waals surface area contributed by atoms with Gasteiger partial charge in [0.15, 0.2) is 0 Å². The van der Waals surface area contributed by atoms with Crippen LogP contribution < -0.4 is 5.32 Å². The quantitative estimate of drug-likeness (QED) is 0.344. The summed E-state index contributed by atoms with van der Waals surface area (Å²) in [6.45, 7) is 3.25. The van der Waals surface area contributed by atoms with E-state index in [1.54, 1.807) is 24.3 Å². The summed E-state index contributed by atoms with van der Waals surface area (Å²) in [6.07, 6.45) is 0. The topological polar surface area (TPSA) is 21.3 Å². The number of rotatable bonds is 1. The number of ether oxygens (including phenoxy) is 1. The molecule has 1 unspecified atom stereocenters. The van der Waals surface area contributed by atoms with E-state index in [0.29, 0.717) is 16.7 Å². The lowest BCUT2D eigenvalue weighted by molar-refractivity contribution is -0.216. The number of nitrogens with one attached hydrogen (secondary N) is 1. The molecule has 1 saturated heterocycles. The van der Waals surface area contributed by atoms with Crippen LogP contribution in [0, 0.1) is 23.5 Å². The summed E-state index contributed by atoms with van der Waals surface area (Å²) in [5, 5.41) is 2.95. The van der Waals surface area contributed by atoms with Gasteiger partial charge in [-0.25, -0.2) is 17.6 Å². The standard InChI is InChI=1S/C22H18ClF4NOS/c1-20(2)22(26,27)21(3,28-19(30)12-29-20)16-10-14(17(24)11-18(16)25)8-7-13-5-4-6-15(23)9-13/h4-6,9-11H,12H2,1-3H3,(H,28,30). The summed E-state index contributed by atoms with van der Waals surface area (Å²) in [5.74, 6) is -0.449. The van der Waals surface area contributed by atoms with Crippen LogP contribution in [-0.2, 0) is 10.3 Å². The summed E-state index contributed by atoms with van der Waals surface area (Å²) < 4.78 is 65.4. The van der Waals surface area contributed by atoms with E-state index in [4.69, 9.17) is 28.6 Å². The lowest BCUT2D eigenvalue weighted by Gasteiger charge is -2.44. The van der Waals surface area contributed by atoms with Crippen LogP contribution in [0.25, 0.3) is 0 Å². The number of thiocarbonyl (C=S) groups is 1. The minimum absolute atomic E-state index is 0.0157. The summed E-state index contributed by atoms with van der Waals surface area (Å²) in [5.41, 5.74) is -4.48. The fraction of sp³-hybridized carbons (Fsp3) is 0.318. The molecule has 1 heterocycles. The van der Waals surface area contributed by atoms with Gasteiger partial charge in [0.05, 0.1) is 12.2 Å². The van der Waals surface area contributed by atoms with Crippen LogP contribution in [0.3, 0.4) is 0 Å². The molecule has 1 fully saturated rings. The van der Waals surface area contributed by atoms with Crippen LogP contribution in [0.2, 0.25) is 5.02 Å². The Kier molecular flexibility index (Phi) is 5.89. The third-order valence-corrected chi connectivity index (χ3v) is 5.55. The Labute approximate surface area is 182 Å². The largest absolute Gasteiger partial charge is 0.363 e. The molecule has 0 amide bonds. The minimum Gasteiger partial charge on any atom is -0.363 e. The van der Waals surface area contributed by atoms with E-state index in [1.165, 1.54) is 13.8 Å². The highest BCUT2D eigenvalue weighted by Crippen LogP contribution is 2.48. The zero-order chi connectivity index (χ0) is 22.3. The van der Waals surface area contributed by atoms with E-state index in [0.717, 1.165) is 13.0 Å². The molecule has 2 aromatic rings. The molecule has 2 nitrogen and oxygen atoms in total. The van der Waals surface area contributed by atoms with Crippen molar-refractivity contribution in [1.82, 2.24) is 5.32 Å². The van der Waals surface area contributed by atoms with Gasteiger partial charge in [0.1, 0.15) is 27.8 Å². The minimum atomic E-state index is -3.61. The molecule has 3 rings (SSSR count). The zero-order valence-corrected chi connectivity index (χ0v) is 17.9. The second-order valence-corrected chi connectivity index (χ2v) is 8.55. The Morgan fingerprint density at radius 1 is 1.07 bits per heavy atom. The summed E-state index contributed by atoms with van der Waals surface area (Å²) >= 11 is 11.0. The van der Waals surface area contributed by atoms with Gasteiger partial charge in [-0.05, 0) is 45.0 Å². The molecule has 1 atom stereocenters. The average Bonchev–Trinajstić information content (AvgIpc) is 2.70. The first-order valence-electron chi connectivity index (χ1n) is 8.97. The van der Waals surface area contributed by atoms with Crippen LogP contribution in [-0.4, -0.2) is 23.1 Å². The Bertz CT molecular complexity index is 1080. The molecule has 8 heteroatoms. The normalized spacial score (nSPS) is 22.5. The van der Waals surface area contributed by atoms with E-state index in [-0.39, 0.29) is 17.2 Å². The van der Waals surface area contributed by atoms with Crippen molar-refractivity contribution >= 4 is 28.8 Å². The molecule has 2 aromatic carbocycles. The Morgan fingerprint density at radius 3 is 2.43 bits per heavy atom. The molecule has 1 aliphatic rings. The van der Waals surface area contributed by atoms with E-state index in [9.17, 15) is 8.78 Å². The van der Waals surface area contributed by atoms with Gasteiger partial charge < -0.3 is 10.1 Å². The average molecular weight is 456 g/mol. The molecule has 0 aromatic heterocycles. The van der Waals surface area contributed by atoms with Crippen LogP contribution in [0.15, 0.2) is 36.4 Å². The van der Waals surface area contributed by atoms with Crippen molar-refractivity contribution in [1.29, 1.82) is 0 Å². The summed E-state index contributed by atoms with van der Waals surface area (Å²) in [6, 6.07) is 8.06. The number of alkyl halides is 2. The molecule has 0 aliphatic carbocycles. The predicted octanol–water partition coefficient (Wildman–Crippen LogP) is 5.59. The maximum Gasteiger partial charge on any atom is 0.302 e. The molecule has 1 N–H and O–H groups in total. The molecule has 158 valence electrons. The second-order valence-electron chi connectivity index (χ2n) is 7.62. The highest BCUT2D eigenvalue weighted by atomic mass is 35.5. The van der Waals surface area contributed by atoms with E-state index < -0.39 is 34.3 Å². The Balaban J connectivity index is 2.16. The van der Waals surface area contributed by atoms with Crippen molar-refractivity contribution in [3.63, 3.8) is 0 Å². The highest BCUT2D eigenvalue weighted by Gasteiger charge is 2.64. The molecule has 0 bridgehead atoms. The van der Waals surface area contributed by atoms with Crippen molar-refractivity contribution < 1.29 is 22.3 Å². The fourth-order valence-corrected chi connectivity index (χ4v) is 3.76. The lowest BCUT2D eigenvalue weighted by atomic mass is 9.77. The van der Waals surface area contributed by atoms with Crippen molar-refractivity contribution in [2.75, 3.05) is 6.61 Å². The number of hydrogen-bond acceptors (Lipinski definition) is 2. The maximum absolute atomic E-state index is 15.5. The Morgan fingerprint density at radius 2 is 1.77 bits per heavy atom. The smallest absolute Gasteiger partial charge is 0.302 e. The van der Waals surface area contributed by atoms with Gasteiger partial charge in [-0.2, -0.15) is 0 Å². The van der Waals surface area contributed by atoms with Gasteiger partial charge in [0, 0.05) is 22.2 Å². The van der Waals surface area contributed by atoms with Crippen molar-refractivity contribution in [2.24, 2.45) is 0 Å². The Hall–Kier alpha value is -2.14. The van der Waals surface area contributed by atoms with Crippen molar-refractivity contribution in [3.05, 3.63) is 69.7 Å². The first kappa shape index (κ1) is 22.5. The first-order chi connectivity index (χ1) is 13.9. The van der Waals surface area contributed by atoms with Gasteiger partial charge in [-0.15, -0.1) is 0 Å². The van der Waals surface area contributed by atoms with E-state index >= 15 is 8.78 Å². The molecule has 1 aliphatic heterocycles. The highest BCUT2D eigenvalue weighted by molar-refractivity contribution is 7.80. The van der Waals surface area contributed by atoms with Crippen LogP contribution in [0.1, 0.15) is 37.5 Å². The summed E-state index contributed by atoms with van der Waals surface area (Å²) in [4.78, 5) is -0.0157. The number of halogens is 5. The molecule has 0 spiro atoms. The summed E-state index contributed by atoms with van der Waals surface area (Å²) in [7, 11) is 0. The van der Waals surface area contributed by atoms with Crippen LogP contribution in [0.4, 0.5) is 17.6 Å². The van der Waals surface area contributed by atoms with Gasteiger partial charge in [-0.1, -0.05) is 41.7 Å². The van der Waals surface area contributed by atoms with Crippen LogP contribution in [0.5, 0.6) is 0 Å². The van der Waals surface area contributed by atoms with Gasteiger partial charge >= 0.3 is 5.92 Å². The number of hydrogen-bond donors (Lipinski definition) is 1. The van der Waals surface area contributed by atoms with Crippen molar-refractivity contribution in [3.8, 4) is 11.8 Å². The second kappa shape index (κ2) is 7.84. The molecule has 0 saturated carbocycles. The maximum atomic E-state index is 15.5. The third kappa shape index (κ3) is 3.92. The molecule has 30 heavy (non-hydrogen) atoms. The van der Waals surface area contributed by atoms with Crippen LogP contribution >= 0.6 is 23.8 Å². The monoisotopic (exact) mass is 455 g/mol. The van der Waals surface area contributed by atoms with E-state index in [2.05, 4.69) is 17.2 Å². The number of benzene rings is 2.